The molecule has 1 aromatic rings. The van der Waals surface area contributed by atoms with E-state index in [0.29, 0.717) is 6.04 Å². The van der Waals surface area contributed by atoms with E-state index < -0.39 is 0 Å². The molecule has 0 aliphatic rings. The average Bonchev–Trinajstić information content (AvgIpc) is 2.84. The molecule has 1 aromatic heterocycles. The molecule has 0 unspecified atom stereocenters. The maximum atomic E-state index is 4.44. The van der Waals surface area contributed by atoms with Gasteiger partial charge in [-0.1, -0.05) is 52.4 Å². The fourth-order valence-electron chi connectivity index (χ4n) is 2.63. The first-order valence-electron chi connectivity index (χ1n) is 8.48. The maximum Gasteiger partial charge on any atom is 0.0637 e. The zero-order chi connectivity index (χ0) is 14.6. The number of rotatable bonds is 12. The molecule has 1 heterocycles. The molecule has 0 atom stereocenters. The van der Waals surface area contributed by atoms with E-state index in [4.69, 9.17) is 0 Å². The highest BCUT2D eigenvalue weighted by Gasteiger charge is 2.07. The van der Waals surface area contributed by atoms with Crippen LogP contribution in [-0.4, -0.2) is 22.4 Å². The van der Waals surface area contributed by atoms with Gasteiger partial charge in [0.15, 0.2) is 0 Å². The first kappa shape index (κ1) is 17.2. The zero-order valence-corrected chi connectivity index (χ0v) is 13.7. The standard InChI is InChI=1S/C17H33N3/c1-4-6-8-10-16(11-9-7-5-2)18-14-12-17-13-15-20(3)19-17/h13,15-16,18H,4-12,14H2,1-3H3. The monoisotopic (exact) mass is 279 g/mol. The van der Waals surface area contributed by atoms with Crippen molar-refractivity contribution in [2.45, 2.75) is 77.7 Å². The third kappa shape index (κ3) is 7.68. The van der Waals surface area contributed by atoms with Gasteiger partial charge in [0.1, 0.15) is 0 Å². The predicted octanol–water partition coefficient (Wildman–Crippen LogP) is 4.08. The quantitative estimate of drug-likeness (QED) is 0.584. The number of unbranched alkanes of at least 4 members (excludes halogenated alkanes) is 4. The van der Waals surface area contributed by atoms with Crippen LogP contribution >= 0.6 is 0 Å². The molecular formula is C17H33N3. The summed E-state index contributed by atoms with van der Waals surface area (Å²) in [5.74, 6) is 0. The first-order chi connectivity index (χ1) is 9.76. The molecule has 1 N–H and O–H groups in total. The topological polar surface area (TPSA) is 29.9 Å². The second kappa shape index (κ2) is 10.9. The van der Waals surface area contributed by atoms with E-state index in [-0.39, 0.29) is 0 Å². The van der Waals surface area contributed by atoms with E-state index in [1.807, 2.05) is 17.9 Å². The van der Waals surface area contributed by atoms with Crippen molar-refractivity contribution < 1.29 is 0 Å². The van der Waals surface area contributed by atoms with Crippen molar-refractivity contribution in [1.29, 1.82) is 0 Å². The molecule has 0 aliphatic heterocycles. The number of hydrogen-bond acceptors (Lipinski definition) is 2. The van der Waals surface area contributed by atoms with Crippen LogP contribution in [0.2, 0.25) is 0 Å². The Hall–Kier alpha value is -0.830. The minimum Gasteiger partial charge on any atom is -0.314 e. The smallest absolute Gasteiger partial charge is 0.0637 e. The molecule has 0 saturated carbocycles. The SMILES string of the molecule is CCCCCC(CCCCC)NCCc1ccn(C)n1. The van der Waals surface area contributed by atoms with Crippen molar-refractivity contribution in [1.82, 2.24) is 15.1 Å². The molecule has 0 saturated heterocycles. The van der Waals surface area contributed by atoms with Crippen LogP contribution in [0, 0.1) is 0 Å². The Bertz CT molecular complexity index is 323. The van der Waals surface area contributed by atoms with E-state index in [2.05, 4.69) is 30.3 Å². The fourth-order valence-corrected chi connectivity index (χ4v) is 2.63. The molecule has 0 aromatic carbocycles. The first-order valence-corrected chi connectivity index (χ1v) is 8.48. The van der Waals surface area contributed by atoms with Crippen molar-refractivity contribution >= 4 is 0 Å². The molecule has 1 rings (SSSR count). The molecular weight excluding hydrogens is 246 g/mol. The van der Waals surface area contributed by atoms with Crippen LogP contribution in [0.3, 0.4) is 0 Å². The summed E-state index contributed by atoms with van der Waals surface area (Å²) < 4.78 is 1.88. The Morgan fingerprint density at radius 1 is 1.10 bits per heavy atom. The van der Waals surface area contributed by atoms with Crippen LogP contribution in [0.15, 0.2) is 12.3 Å². The van der Waals surface area contributed by atoms with Gasteiger partial charge in [-0.15, -0.1) is 0 Å². The molecule has 0 spiro atoms. The summed E-state index contributed by atoms with van der Waals surface area (Å²) in [6.07, 6.45) is 13.8. The van der Waals surface area contributed by atoms with Gasteiger partial charge in [-0.05, 0) is 18.9 Å². The lowest BCUT2D eigenvalue weighted by Gasteiger charge is -2.18. The molecule has 0 radical (unpaired) electrons. The van der Waals surface area contributed by atoms with E-state index in [9.17, 15) is 0 Å². The largest absolute Gasteiger partial charge is 0.314 e. The summed E-state index contributed by atoms with van der Waals surface area (Å²) in [6, 6.07) is 2.82. The molecule has 3 heteroatoms. The van der Waals surface area contributed by atoms with Gasteiger partial charge >= 0.3 is 0 Å². The molecule has 0 bridgehead atoms. The Morgan fingerprint density at radius 3 is 2.25 bits per heavy atom. The fraction of sp³-hybridized carbons (Fsp3) is 0.824. The third-order valence-corrected chi connectivity index (χ3v) is 3.90. The molecule has 116 valence electrons. The van der Waals surface area contributed by atoms with Gasteiger partial charge < -0.3 is 5.32 Å². The number of aryl methyl sites for hydroxylation is 1. The lowest BCUT2D eigenvalue weighted by atomic mass is 10.0. The molecule has 0 aliphatic carbocycles. The molecule has 20 heavy (non-hydrogen) atoms. The third-order valence-electron chi connectivity index (χ3n) is 3.90. The normalized spacial score (nSPS) is 11.4. The van der Waals surface area contributed by atoms with Crippen molar-refractivity contribution in [3.8, 4) is 0 Å². The van der Waals surface area contributed by atoms with E-state index in [1.165, 1.54) is 57.1 Å². The lowest BCUT2D eigenvalue weighted by Crippen LogP contribution is -2.31. The number of aromatic nitrogens is 2. The predicted molar refractivity (Wildman–Crippen MR) is 87.0 cm³/mol. The summed E-state index contributed by atoms with van der Waals surface area (Å²) in [6.45, 7) is 5.61. The van der Waals surface area contributed by atoms with E-state index >= 15 is 0 Å². The van der Waals surface area contributed by atoms with Gasteiger partial charge in [0.25, 0.3) is 0 Å². The molecule has 0 amide bonds. The summed E-state index contributed by atoms with van der Waals surface area (Å²) in [4.78, 5) is 0. The summed E-state index contributed by atoms with van der Waals surface area (Å²) in [5.41, 5.74) is 1.20. The van der Waals surface area contributed by atoms with Gasteiger partial charge in [-0.25, -0.2) is 0 Å². The van der Waals surface area contributed by atoms with E-state index in [0.717, 1.165) is 13.0 Å². The second-order valence-corrected chi connectivity index (χ2v) is 5.87. The second-order valence-electron chi connectivity index (χ2n) is 5.87. The Kier molecular flexibility index (Phi) is 9.38. The van der Waals surface area contributed by atoms with Crippen molar-refractivity contribution in [3.63, 3.8) is 0 Å². The minimum absolute atomic E-state index is 0.705. The highest BCUT2D eigenvalue weighted by molar-refractivity contribution is 4.99. The van der Waals surface area contributed by atoms with Crippen LogP contribution < -0.4 is 5.32 Å². The van der Waals surface area contributed by atoms with Gasteiger partial charge in [-0.3, -0.25) is 4.68 Å². The van der Waals surface area contributed by atoms with Crippen molar-refractivity contribution in [3.05, 3.63) is 18.0 Å². The number of hydrogen-bond donors (Lipinski definition) is 1. The number of nitrogens with zero attached hydrogens (tertiary/aromatic N) is 2. The van der Waals surface area contributed by atoms with Gasteiger partial charge in [0.2, 0.25) is 0 Å². The molecule has 3 nitrogen and oxygen atoms in total. The number of nitrogens with one attached hydrogen (secondary N) is 1. The highest BCUT2D eigenvalue weighted by Crippen LogP contribution is 2.11. The minimum atomic E-state index is 0.705. The van der Waals surface area contributed by atoms with Crippen LogP contribution in [0.5, 0.6) is 0 Å². The highest BCUT2D eigenvalue weighted by atomic mass is 15.2. The van der Waals surface area contributed by atoms with Crippen LogP contribution in [-0.2, 0) is 13.5 Å². The Balaban J connectivity index is 2.23. The van der Waals surface area contributed by atoms with Crippen molar-refractivity contribution in [2.75, 3.05) is 6.54 Å². The van der Waals surface area contributed by atoms with Gasteiger partial charge in [0, 0.05) is 32.3 Å². The maximum absolute atomic E-state index is 4.44. The molecule has 0 fully saturated rings. The summed E-state index contributed by atoms with van der Waals surface area (Å²) >= 11 is 0. The van der Waals surface area contributed by atoms with Gasteiger partial charge in [0.05, 0.1) is 5.69 Å². The zero-order valence-electron chi connectivity index (χ0n) is 13.7. The van der Waals surface area contributed by atoms with Crippen molar-refractivity contribution in [2.24, 2.45) is 7.05 Å². The van der Waals surface area contributed by atoms with Gasteiger partial charge in [-0.2, -0.15) is 5.10 Å². The summed E-state index contributed by atoms with van der Waals surface area (Å²) in [7, 11) is 1.98. The average molecular weight is 279 g/mol. The Morgan fingerprint density at radius 2 is 1.75 bits per heavy atom. The summed E-state index contributed by atoms with van der Waals surface area (Å²) in [5, 5.41) is 8.18. The van der Waals surface area contributed by atoms with Crippen LogP contribution in [0.4, 0.5) is 0 Å². The lowest BCUT2D eigenvalue weighted by molar-refractivity contribution is 0.420. The van der Waals surface area contributed by atoms with E-state index in [1.54, 1.807) is 0 Å². The van der Waals surface area contributed by atoms with Crippen LogP contribution in [0.25, 0.3) is 0 Å². The van der Waals surface area contributed by atoms with Crippen LogP contribution in [0.1, 0.15) is 70.9 Å². The Labute approximate surface area is 125 Å².